The van der Waals surface area contributed by atoms with Crippen LogP contribution in [0.15, 0.2) is 45.9 Å². The van der Waals surface area contributed by atoms with Crippen LogP contribution in [0.1, 0.15) is 5.56 Å². The van der Waals surface area contributed by atoms with Crippen LogP contribution in [0.3, 0.4) is 0 Å². The number of aryl methyl sites for hydroxylation is 1. The first-order valence-corrected chi connectivity index (χ1v) is 7.95. The van der Waals surface area contributed by atoms with Crippen molar-refractivity contribution < 1.29 is 8.42 Å². The van der Waals surface area contributed by atoms with Gasteiger partial charge in [0, 0.05) is 10.7 Å². The summed E-state index contributed by atoms with van der Waals surface area (Å²) in [5.41, 5.74) is 1.00. The Kier molecular flexibility index (Phi) is 4.13. The van der Waals surface area contributed by atoms with Gasteiger partial charge in [0.25, 0.3) is 10.0 Å². The second kappa shape index (κ2) is 5.48. The molecule has 0 aliphatic carbocycles. The Hall–Kier alpha value is -1.11. The Morgan fingerprint density at radius 1 is 1.32 bits per heavy atom. The molecule has 7 heteroatoms. The van der Waals surface area contributed by atoms with E-state index in [0.29, 0.717) is 15.7 Å². The zero-order chi connectivity index (χ0) is 14.0. The Balaban J connectivity index is 2.42. The lowest BCUT2D eigenvalue weighted by Gasteiger charge is -2.11. The Labute approximate surface area is 125 Å². The van der Waals surface area contributed by atoms with Crippen LogP contribution in [0.4, 0.5) is 5.69 Å². The van der Waals surface area contributed by atoms with Gasteiger partial charge in [0.1, 0.15) is 0 Å². The fourth-order valence-corrected chi connectivity index (χ4v) is 3.52. The molecule has 0 aliphatic rings. The number of nitrogens with zero attached hydrogens (tertiary/aromatic N) is 1. The molecule has 2 rings (SSSR count). The first-order chi connectivity index (χ1) is 8.90. The molecule has 1 N–H and O–H groups in total. The van der Waals surface area contributed by atoms with Gasteiger partial charge in [-0.25, -0.2) is 13.4 Å². The first-order valence-electron chi connectivity index (χ1n) is 5.29. The third-order valence-corrected chi connectivity index (χ3v) is 4.58. The fraction of sp³-hybridized carbons (Fsp3) is 0.0833. The molecule has 0 fully saturated rings. The van der Waals surface area contributed by atoms with Gasteiger partial charge in [-0.2, -0.15) is 0 Å². The highest BCUT2D eigenvalue weighted by Gasteiger charge is 2.17. The molecule has 0 unspecified atom stereocenters. The molecule has 100 valence electrons. The second-order valence-corrected chi connectivity index (χ2v) is 6.81. The van der Waals surface area contributed by atoms with Gasteiger partial charge in [-0.1, -0.05) is 33.6 Å². The molecule has 1 aromatic heterocycles. The van der Waals surface area contributed by atoms with Gasteiger partial charge in [-0.15, -0.1) is 0 Å². The number of pyridine rings is 1. The third-order valence-electron chi connectivity index (χ3n) is 2.46. The minimum atomic E-state index is -3.69. The van der Waals surface area contributed by atoms with Gasteiger partial charge < -0.3 is 0 Å². The van der Waals surface area contributed by atoms with Crippen LogP contribution < -0.4 is 4.72 Å². The van der Waals surface area contributed by atoms with E-state index >= 15 is 0 Å². The van der Waals surface area contributed by atoms with Gasteiger partial charge in [0.15, 0.2) is 5.15 Å². The van der Waals surface area contributed by atoms with Crippen molar-refractivity contribution in [3.05, 3.63) is 51.7 Å². The molecule has 0 saturated carbocycles. The van der Waals surface area contributed by atoms with Crippen molar-refractivity contribution in [2.45, 2.75) is 11.8 Å². The summed E-state index contributed by atoms with van der Waals surface area (Å²) >= 11 is 9.15. The maximum atomic E-state index is 12.2. The minimum absolute atomic E-state index is 0.124. The molecule has 4 nitrogen and oxygen atoms in total. The molecule has 0 radical (unpaired) electrons. The zero-order valence-corrected chi connectivity index (χ0v) is 13.1. The van der Waals surface area contributed by atoms with Crippen LogP contribution >= 0.6 is 27.5 Å². The Morgan fingerprint density at radius 3 is 2.68 bits per heavy atom. The van der Waals surface area contributed by atoms with Crippen molar-refractivity contribution in [3.63, 3.8) is 0 Å². The zero-order valence-electron chi connectivity index (χ0n) is 9.89. The van der Waals surface area contributed by atoms with Crippen molar-refractivity contribution >= 4 is 43.2 Å². The van der Waals surface area contributed by atoms with Crippen LogP contribution in [-0.4, -0.2) is 13.4 Å². The number of hydrogen-bond donors (Lipinski definition) is 1. The smallest absolute Gasteiger partial charge is 0.262 e. The number of sulfonamides is 1. The molecule has 0 amide bonds. The predicted molar refractivity (Wildman–Crippen MR) is 78.9 cm³/mol. The summed E-state index contributed by atoms with van der Waals surface area (Å²) in [6.07, 6.45) is 1.52. The summed E-state index contributed by atoms with van der Waals surface area (Å²) in [4.78, 5) is 4.02. The van der Waals surface area contributed by atoms with E-state index in [2.05, 4.69) is 25.6 Å². The predicted octanol–water partition coefficient (Wildman–Crippen LogP) is 3.61. The van der Waals surface area contributed by atoms with Crippen LogP contribution in [-0.2, 0) is 10.0 Å². The van der Waals surface area contributed by atoms with Crippen LogP contribution in [0.2, 0.25) is 5.15 Å². The average Bonchev–Trinajstić information content (AvgIpc) is 2.34. The number of benzene rings is 1. The molecule has 0 spiro atoms. The highest BCUT2D eigenvalue weighted by Crippen LogP contribution is 2.26. The lowest BCUT2D eigenvalue weighted by atomic mass is 10.3. The van der Waals surface area contributed by atoms with E-state index in [-0.39, 0.29) is 10.0 Å². The van der Waals surface area contributed by atoms with Gasteiger partial charge in [-0.05, 0) is 36.8 Å². The molecule has 0 saturated heterocycles. The molecule has 0 bridgehead atoms. The Morgan fingerprint density at radius 2 is 2.05 bits per heavy atom. The fourth-order valence-electron chi connectivity index (χ4n) is 1.48. The quantitative estimate of drug-likeness (QED) is 0.850. The molecule has 1 heterocycles. The van der Waals surface area contributed by atoms with E-state index in [4.69, 9.17) is 11.6 Å². The SMILES string of the molecule is Cc1ccnc(Cl)c1NS(=O)(=O)c1cccc(Br)c1. The van der Waals surface area contributed by atoms with Crippen LogP contribution in [0, 0.1) is 6.92 Å². The Bertz CT molecular complexity index is 699. The molecule has 2 aromatic rings. The molecule has 0 aliphatic heterocycles. The van der Waals surface area contributed by atoms with Crippen LogP contribution in [0.5, 0.6) is 0 Å². The van der Waals surface area contributed by atoms with Gasteiger partial charge in [0.05, 0.1) is 10.6 Å². The van der Waals surface area contributed by atoms with E-state index < -0.39 is 10.0 Å². The van der Waals surface area contributed by atoms with Crippen molar-refractivity contribution in [2.24, 2.45) is 0 Å². The average molecular weight is 362 g/mol. The highest BCUT2D eigenvalue weighted by atomic mass is 79.9. The summed E-state index contributed by atoms with van der Waals surface area (Å²) < 4.78 is 27.6. The van der Waals surface area contributed by atoms with E-state index in [0.717, 1.165) is 0 Å². The second-order valence-electron chi connectivity index (χ2n) is 3.86. The topological polar surface area (TPSA) is 59.1 Å². The lowest BCUT2D eigenvalue weighted by molar-refractivity contribution is 0.601. The highest BCUT2D eigenvalue weighted by molar-refractivity contribution is 9.10. The van der Waals surface area contributed by atoms with Crippen molar-refractivity contribution in [1.82, 2.24) is 4.98 Å². The summed E-state index contributed by atoms with van der Waals surface area (Å²) in [7, 11) is -3.69. The first kappa shape index (κ1) is 14.3. The summed E-state index contributed by atoms with van der Waals surface area (Å²) in [6.45, 7) is 1.76. The monoisotopic (exact) mass is 360 g/mol. The van der Waals surface area contributed by atoms with Gasteiger partial charge in [-0.3, -0.25) is 4.72 Å². The normalized spacial score (nSPS) is 11.3. The molecular weight excluding hydrogens is 352 g/mol. The number of halogens is 2. The van der Waals surface area contributed by atoms with Crippen molar-refractivity contribution in [1.29, 1.82) is 0 Å². The maximum absolute atomic E-state index is 12.2. The number of hydrogen-bond acceptors (Lipinski definition) is 3. The van der Waals surface area contributed by atoms with E-state index in [1.165, 1.54) is 18.3 Å². The molecule has 19 heavy (non-hydrogen) atoms. The lowest BCUT2D eigenvalue weighted by Crippen LogP contribution is -2.14. The number of aromatic nitrogens is 1. The molecular formula is C12H10BrClN2O2S. The summed E-state index contributed by atoms with van der Waals surface area (Å²) in [5, 5.41) is 0.124. The number of nitrogens with one attached hydrogen (secondary N) is 1. The van der Waals surface area contributed by atoms with Gasteiger partial charge in [0.2, 0.25) is 0 Å². The van der Waals surface area contributed by atoms with Crippen molar-refractivity contribution in [2.75, 3.05) is 4.72 Å². The number of rotatable bonds is 3. The van der Waals surface area contributed by atoms with Gasteiger partial charge >= 0.3 is 0 Å². The van der Waals surface area contributed by atoms with E-state index in [1.54, 1.807) is 25.1 Å². The molecule has 0 atom stereocenters. The van der Waals surface area contributed by atoms with E-state index in [9.17, 15) is 8.42 Å². The van der Waals surface area contributed by atoms with Crippen molar-refractivity contribution in [3.8, 4) is 0 Å². The standard InChI is InChI=1S/C12H10BrClN2O2S/c1-8-5-6-15-12(14)11(8)16-19(17,18)10-4-2-3-9(13)7-10/h2-7,16H,1H3. The molecule has 1 aromatic carbocycles. The van der Waals surface area contributed by atoms with Crippen LogP contribution in [0.25, 0.3) is 0 Å². The third kappa shape index (κ3) is 3.26. The summed E-state index contributed by atoms with van der Waals surface area (Å²) in [5.74, 6) is 0. The number of anilines is 1. The largest absolute Gasteiger partial charge is 0.276 e. The maximum Gasteiger partial charge on any atom is 0.262 e. The van der Waals surface area contributed by atoms with E-state index in [1.807, 2.05) is 0 Å². The summed E-state index contributed by atoms with van der Waals surface area (Å²) in [6, 6.07) is 8.11. The minimum Gasteiger partial charge on any atom is -0.276 e.